The second kappa shape index (κ2) is 8.23. The highest BCUT2D eigenvalue weighted by Crippen LogP contribution is 2.32. The van der Waals surface area contributed by atoms with Gasteiger partial charge >= 0.3 is 0 Å². The van der Waals surface area contributed by atoms with Gasteiger partial charge in [-0.1, -0.05) is 6.92 Å². The molecular formula is C22H25N9O2. The summed E-state index contributed by atoms with van der Waals surface area (Å²) in [6.45, 7) is 7.00. The first kappa shape index (κ1) is 21.0. The third-order valence-electron chi connectivity index (χ3n) is 5.63. The molecule has 0 aromatic carbocycles. The van der Waals surface area contributed by atoms with E-state index in [-0.39, 0.29) is 5.69 Å². The Hall–Kier alpha value is -3.89. The van der Waals surface area contributed by atoms with Crippen molar-refractivity contribution in [1.82, 2.24) is 29.7 Å². The Morgan fingerprint density at radius 1 is 1.18 bits per heavy atom. The van der Waals surface area contributed by atoms with Crippen LogP contribution in [-0.4, -0.2) is 54.7 Å². The van der Waals surface area contributed by atoms with Crippen LogP contribution in [0.15, 0.2) is 23.5 Å². The molecule has 11 heteroatoms. The quantitative estimate of drug-likeness (QED) is 0.553. The fourth-order valence-electron chi connectivity index (χ4n) is 4.01. The van der Waals surface area contributed by atoms with Crippen LogP contribution >= 0.6 is 0 Å². The van der Waals surface area contributed by atoms with Gasteiger partial charge in [0.25, 0.3) is 5.91 Å². The number of rotatable bonds is 0. The highest BCUT2D eigenvalue weighted by atomic mass is 16.5. The lowest BCUT2D eigenvalue weighted by molar-refractivity contribution is 0.0997. The van der Waals surface area contributed by atoms with Crippen molar-refractivity contribution in [3.05, 3.63) is 35.7 Å². The number of aryl methyl sites for hydroxylation is 3. The number of nitrogens with zero attached hydrogens (tertiary/aromatic N) is 8. The van der Waals surface area contributed by atoms with Crippen LogP contribution in [0.2, 0.25) is 0 Å². The first-order chi connectivity index (χ1) is 15.9. The Morgan fingerprint density at radius 2 is 2.03 bits per heavy atom. The molecule has 1 atom stereocenters. The average Bonchev–Trinajstić information content (AvgIpc) is 3.30. The Kier molecular flexibility index (Phi) is 5.23. The number of ether oxygens (including phenoxy) is 1. The molecule has 1 amide bonds. The summed E-state index contributed by atoms with van der Waals surface area (Å²) in [5, 5.41) is 7.50. The lowest BCUT2D eigenvalue weighted by atomic mass is 10.1. The van der Waals surface area contributed by atoms with E-state index >= 15 is 0 Å². The number of anilines is 2. The minimum atomic E-state index is -0.472. The van der Waals surface area contributed by atoms with E-state index in [1.54, 1.807) is 23.1 Å². The van der Waals surface area contributed by atoms with Crippen LogP contribution in [0.4, 0.5) is 11.5 Å². The summed E-state index contributed by atoms with van der Waals surface area (Å²) in [5.74, 6) is 2.59. The zero-order valence-electron chi connectivity index (χ0n) is 19.0. The number of hydrogen-bond donors (Lipinski definition) is 1. The molecule has 170 valence electrons. The summed E-state index contributed by atoms with van der Waals surface area (Å²) < 4.78 is 7.72. The second-order valence-electron chi connectivity index (χ2n) is 8.43. The van der Waals surface area contributed by atoms with E-state index in [1.165, 1.54) is 0 Å². The van der Waals surface area contributed by atoms with Crippen LogP contribution in [0.5, 0.6) is 5.88 Å². The van der Waals surface area contributed by atoms with Gasteiger partial charge in [0.15, 0.2) is 11.6 Å². The molecule has 2 bridgehead atoms. The van der Waals surface area contributed by atoms with Gasteiger partial charge < -0.3 is 10.1 Å². The lowest BCUT2D eigenvalue weighted by Crippen LogP contribution is -2.35. The number of carbonyl (C=O) groups is 1. The average molecular weight is 448 g/mol. The fraction of sp³-hybridized carbons (Fsp3) is 0.409. The normalized spacial score (nSPS) is 19.8. The molecule has 0 saturated carbocycles. The van der Waals surface area contributed by atoms with Crippen LogP contribution in [0.25, 0.3) is 11.4 Å². The molecule has 2 aliphatic rings. The molecular weight excluding hydrogens is 422 g/mol. The van der Waals surface area contributed by atoms with Crippen molar-refractivity contribution in [2.45, 2.75) is 33.6 Å². The maximum absolute atomic E-state index is 13.2. The molecule has 11 nitrogen and oxygen atoms in total. The van der Waals surface area contributed by atoms with Crippen molar-refractivity contribution in [3.63, 3.8) is 0 Å². The zero-order chi connectivity index (χ0) is 23.1. The fourth-order valence-corrected chi connectivity index (χ4v) is 4.01. The summed E-state index contributed by atoms with van der Waals surface area (Å²) in [6.07, 6.45) is 5.15. The van der Waals surface area contributed by atoms with Crippen LogP contribution in [0, 0.1) is 19.8 Å². The number of carbonyl (C=O) groups excluding carboxylic acids is 1. The van der Waals surface area contributed by atoms with E-state index in [1.807, 2.05) is 25.8 Å². The molecule has 5 heterocycles. The molecule has 33 heavy (non-hydrogen) atoms. The highest BCUT2D eigenvalue weighted by molar-refractivity contribution is 6.18. The third kappa shape index (κ3) is 4.01. The number of nitrogens with one attached hydrogen (secondary N) is 1. The predicted octanol–water partition coefficient (Wildman–Crippen LogP) is 2.52. The monoisotopic (exact) mass is 447 g/mol. The van der Waals surface area contributed by atoms with E-state index in [2.05, 4.69) is 42.3 Å². The van der Waals surface area contributed by atoms with Crippen molar-refractivity contribution in [1.29, 1.82) is 0 Å². The predicted molar refractivity (Wildman–Crippen MR) is 122 cm³/mol. The number of amides is 1. The van der Waals surface area contributed by atoms with Crippen molar-refractivity contribution in [2.24, 2.45) is 18.0 Å². The van der Waals surface area contributed by atoms with Crippen LogP contribution in [0.1, 0.15) is 41.8 Å². The van der Waals surface area contributed by atoms with Gasteiger partial charge in [-0.25, -0.2) is 24.6 Å². The minimum absolute atomic E-state index is 0.197. The lowest BCUT2D eigenvalue weighted by Gasteiger charge is -2.22. The maximum atomic E-state index is 13.2. The largest absolute Gasteiger partial charge is 0.477 e. The van der Waals surface area contributed by atoms with Gasteiger partial charge in [0.05, 0.1) is 19.0 Å². The first-order valence-electron chi connectivity index (χ1n) is 10.9. The number of guanidine groups is 1. The molecule has 5 rings (SSSR count). The molecule has 2 aliphatic heterocycles. The smallest absolute Gasteiger partial charge is 0.298 e. The first-order valence-corrected chi connectivity index (χ1v) is 10.9. The van der Waals surface area contributed by atoms with Gasteiger partial charge in [0.2, 0.25) is 11.8 Å². The van der Waals surface area contributed by atoms with Gasteiger partial charge in [-0.2, -0.15) is 10.1 Å². The Balaban J connectivity index is 1.60. The Labute approximate surface area is 191 Å². The number of aliphatic imine (C=N–C) groups is 1. The summed E-state index contributed by atoms with van der Waals surface area (Å²) in [7, 11) is 1.81. The molecule has 3 aromatic heterocycles. The minimum Gasteiger partial charge on any atom is -0.477 e. The topological polar surface area (TPSA) is 123 Å². The highest BCUT2D eigenvalue weighted by Gasteiger charge is 2.30. The Morgan fingerprint density at radius 3 is 2.88 bits per heavy atom. The molecule has 0 fully saturated rings. The molecule has 0 spiro atoms. The van der Waals surface area contributed by atoms with Crippen LogP contribution in [-0.2, 0) is 7.05 Å². The molecule has 0 saturated heterocycles. The second-order valence-corrected chi connectivity index (χ2v) is 8.43. The van der Waals surface area contributed by atoms with Crippen molar-refractivity contribution in [3.8, 4) is 17.3 Å². The summed E-state index contributed by atoms with van der Waals surface area (Å²) in [4.78, 5) is 37.4. The van der Waals surface area contributed by atoms with Crippen LogP contribution in [0.3, 0.4) is 0 Å². The van der Waals surface area contributed by atoms with E-state index in [4.69, 9.17) is 4.74 Å². The van der Waals surface area contributed by atoms with Crippen molar-refractivity contribution < 1.29 is 9.53 Å². The van der Waals surface area contributed by atoms with Gasteiger partial charge in [-0.05, 0) is 38.7 Å². The Bertz CT molecular complexity index is 1270. The van der Waals surface area contributed by atoms with Crippen LogP contribution < -0.4 is 15.0 Å². The standard InChI is InChI=1S/C22H25N9O2/c1-12-6-5-7-33-21-15(9-24-30(21)4)18-25-13(2)8-16(27-18)20(32)29-22-28-17-10-23-14(3)26-19(17)31(22)11-12/h8-10,12H,5-7,11H2,1-4H3,(H,28,29,32)/t12-/m1/s1. The van der Waals surface area contributed by atoms with E-state index < -0.39 is 5.91 Å². The number of aromatic nitrogens is 6. The van der Waals surface area contributed by atoms with Gasteiger partial charge in [-0.15, -0.1) is 0 Å². The van der Waals surface area contributed by atoms with E-state index in [0.29, 0.717) is 53.8 Å². The van der Waals surface area contributed by atoms with E-state index in [9.17, 15) is 4.79 Å². The molecule has 0 aliphatic carbocycles. The van der Waals surface area contributed by atoms with Crippen molar-refractivity contribution >= 4 is 23.4 Å². The van der Waals surface area contributed by atoms with E-state index in [0.717, 1.165) is 24.3 Å². The zero-order valence-corrected chi connectivity index (χ0v) is 19.0. The number of hydrogen-bond acceptors (Lipinski definition) is 9. The summed E-state index contributed by atoms with van der Waals surface area (Å²) in [5.41, 5.74) is 2.22. The molecule has 0 radical (unpaired) electrons. The summed E-state index contributed by atoms with van der Waals surface area (Å²) in [6, 6.07) is 1.63. The maximum Gasteiger partial charge on any atom is 0.298 e. The molecule has 3 aromatic rings. The van der Waals surface area contributed by atoms with Gasteiger partial charge in [0.1, 0.15) is 22.8 Å². The van der Waals surface area contributed by atoms with Gasteiger partial charge in [-0.3, -0.25) is 9.69 Å². The SMILES string of the molecule is Cc1cc2nc(n1)-c1cnn(C)c1OCCC[C@@H](C)CN1/C(=N/C2=O)Nc2cnc(C)nc21. The molecule has 0 unspecified atom stereocenters. The van der Waals surface area contributed by atoms with Gasteiger partial charge in [0, 0.05) is 19.3 Å². The van der Waals surface area contributed by atoms with Crippen molar-refractivity contribution in [2.75, 3.05) is 23.4 Å². The molecule has 1 N–H and O–H groups in total. The third-order valence-corrected chi connectivity index (χ3v) is 5.63. The summed E-state index contributed by atoms with van der Waals surface area (Å²) >= 11 is 0. The number of fused-ring (bicyclic) bond motifs is 7.